The predicted molar refractivity (Wildman–Crippen MR) is 69.0 cm³/mol. The van der Waals surface area contributed by atoms with E-state index in [1.807, 2.05) is 0 Å². The monoisotopic (exact) mass is 212 g/mol. The molecule has 0 nitrogen and oxygen atoms in total. The zero-order valence-electron chi connectivity index (χ0n) is 7.27. The molecule has 2 aromatic carbocycles. The van der Waals surface area contributed by atoms with Gasteiger partial charge < -0.3 is 0 Å². The minimum Gasteiger partial charge on any atom is -0.0622 e. The first-order chi connectivity index (χ1) is 6.45. The van der Waals surface area contributed by atoms with Gasteiger partial charge in [0.05, 0.1) is 0 Å². The minimum absolute atomic E-state index is 0. The Bertz CT molecular complexity index is 321. The van der Waals surface area contributed by atoms with Gasteiger partial charge in [-0.25, -0.2) is 0 Å². The molecule has 0 radical (unpaired) electrons. The second-order valence-electron chi connectivity index (χ2n) is 2.86. The second kappa shape index (κ2) is 6.18. The lowest BCUT2D eigenvalue weighted by atomic mass is 10.4. The van der Waals surface area contributed by atoms with E-state index < -0.39 is 0 Å². The fourth-order valence-corrected chi connectivity index (χ4v) is 2.26. The smallest absolute Gasteiger partial charge is 0.0622 e. The van der Waals surface area contributed by atoms with Crippen molar-refractivity contribution in [2.75, 3.05) is 0 Å². The molecular formula is C12H13MgP. The molecule has 0 saturated heterocycles. The number of hydrogen-bond donors (Lipinski definition) is 0. The molecule has 0 aromatic heterocycles. The van der Waals surface area contributed by atoms with Crippen LogP contribution in [0.3, 0.4) is 0 Å². The van der Waals surface area contributed by atoms with E-state index in [4.69, 9.17) is 0 Å². The molecular weight excluding hydrogens is 199 g/mol. The Morgan fingerprint density at radius 3 is 1.29 bits per heavy atom. The molecule has 0 aliphatic carbocycles. The van der Waals surface area contributed by atoms with Crippen molar-refractivity contribution in [1.29, 1.82) is 0 Å². The molecule has 0 amide bonds. The highest BCUT2D eigenvalue weighted by molar-refractivity contribution is 7.55. The Morgan fingerprint density at radius 1 is 0.571 bits per heavy atom. The average Bonchev–Trinajstić information content (AvgIpc) is 2.21. The number of hydrogen-bond acceptors (Lipinski definition) is 0. The summed E-state index contributed by atoms with van der Waals surface area (Å²) in [4.78, 5) is 0. The van der Waals surface area contributed by atoms with Crippen LogP contribution in [0.25, 0.3) is 0 Å². The summed E-state index contributed by atoms with van der Waals surface area (Å²) >= 11 is 0. The van der Waals surface area contributed by atoms with Crippen molar-refractivity contribution in [3.05, 3.63) is 60.7 Å². The molecule has 0 saturated carbocycles. The summed E-state index contributed by atoms with van der Waals surface area (Å²) in [5, 5.41) is 2.79. The summed E-state index contributed by atoms with van der Waals surface area (Å²) in [7, 11) is 0.777. The third-order valence-electron chi connectivity index (χ3n) is 1.84. The largest absolute Gasteiger partial charge is 0.316 e. The molecule has 0 heterocycles. The molecule has 68 valence electrons. The minimum atomic E-state index is 0. The maximum Gasteiger partial charge on any atom is 0.316 e. The molecule has 0 atom stereocenters. The van der Waals surface area contributed by atoms with Gasteiger partial charge in [0.25, 0.3) is 0 Å². The van der Waals surface area contributed by atoms with Crippen molar-refractivity contribution in [1.82, 2.24) is 0 Å². The Labute approximate surface area is 103 Å². The zero-order valence-corrected chi connectivity index (χ0v) is 8.27. The molecule has 0 unspecified atom stereocenters. The molecule has 2 heteroatoms. The molecule has 0 aliphatic rings. The van der Waals surface area contributed by atoms with Gasteiger partial charge in [-0.3, -0.25) is 0 Å². The van der Waals surface area contributed by atoms with Crippen molar-refractivity contribution in [2.24, 2.45) is 0 Å². The van der Waals surface area contributed by atoms with E-state index in [0.717, 1.165) is 8.58 Å². The van der Waals surface area contributed by atoms with Gasteiger partial charge in [0.2, 0.25) is 0 Å². The van der Waals surface area contributed by atoms with Crippen molar-refractivity contribution in [3.8, 4) is 0 Å². The Balaban J connectivity index is 0.000000980. The van der Waals surface area contributed by atoms with Crippen molar-refractivity contribution in [3.63, 3.8) is 0 Å². The standard InChI is InChI=1S/C12H11P.Mg.2H/c1-3-7-11(8-4-1)13-12-9-5-2-6-10-12;;;/h1-10,13H;;;. The fraction of sp³-hybridized carbons (Fsp3) is 0. The van der Waals surface area contributed by atoms with E-state index in [1.165, 1.54) is 10.6 Å². The Kier molecular flexibility index (Phi) is 5.17. The van der Waals surface area contributed by atoms with Gasteiger partial charge in [-0.2, -0.15) is 0 Å². The van der Waals surface area contributed by atoms with Crippen molar-refractivity contribution >= 4 is 42.2 Å². The highest BCUT2D eigenvalue weighted by Gasteiger charge is 1.92. The molecule has 0 bridgehead atoms. The fourth-order valence-electron chi connectivity index (χ4n) is 1.21. The van der Waals surface area contributed by atoms with Gasteiger partial charge in [-0.1, -0.05) is 69.2 Å². The van der Waals surface area contributed by atoms with Crippen molar-refractivity contribution in [2.45, 2.75) is 0 Å². The maximum atomic E-state index is 2.17. The predicted octanol–water partition coefficient (Wildman–Crippen LogP) is 1.40. The van der Waals surface area contributed by atoms with Crippen LogP contribution in [0.2, 0.25) is 0 Å². The summed E-state index contributed by atoms with van der Waals surface area (Å²) in [5.74, 6) is 0. The van der Waals surface area contributed by atoms with Crippen LogP contribution in [0, 0.1) is 0 Å². The molecule has 14 heavy (non-hydrogen) atoms. The zero-order chi connectivity index (χ0) is 8.93. The molecule has 0 N–H and O–H groups in total. The number of rotatable bonds is 2. The third kappa shape index (κ3) is 3.41. The van der Waals surface area contributed by atoms with Gasteiger partial charge in [0.15, 0.2) is 0 Å². The molecule has 0 spiro atoms. The average molecular weight is 213 g/mol. The van der Waals surface area contributed by atoms with Gasteiger partial charge >= 0.3 is 23.1 Å². The lowest BCUT2D eigenvalue weighted by Crippen LogP contribution is -2.01. The molecule has 2 rings (SSSR count). The quantitative estimate of drug-likeness (QED) is 0.521. The lowest BCUT2D eigenvalue weighted by molar-refractivity contribution is 1.76. The van der Waals surface area contributed by atoms with Crippen LogP contribution in [0.1, 0.15) is 0 Å². The van der Waals surface area contributed by atoms with E-state index in [2.05, 4.69) is 60.7 Å². The van der Waals surface area contributed by atoms with Gasteiger partial charge in [-0.05, 0) is 10.6 Å². The van der Waals surface area contributed by atoms with E-state index >= 15 is 0 Å². The first kappa shape index (κ1) is 11.7. The summed E-state index contributed by atoms with van der Waals surface area (Å²) < 4.78 is 0. The molecule has 0 fully saturated rings. The van der Waals surface area contributed by atoms with E-state index in [0.29, 0.717) is 0 Å². The van der Waals surface area contributed by atoms with Gasteiger partial charge in [0, 0.05) is 0 Å². The van der Waals surface area contributed by atoms with Crippen LogP contribution >= 0.6 is 8.58 Å². The first-order valence-corrected chi connectivity index (χ1v) is 5.32. The summed E-state index contributed by atoms with van der Waals surface area (Å²) in [6.07, 6.45) is 0. The van der Waals surface area contributed by atoms with E-state index in [-0.39, 0.29) is 23.1 Å². The summed E-state index contributed by atoms with van der Waals surface area (Å²) in [6, 6.07) is 21.2. The Hall–Kier alpha value is -0.364. The Morgan fingerprint density at radius 2 is 0.929 bits per heavy atom. The SMILES string of the molecule is [MgH2].c1ccc(Pc2ccccc2)cc1. The van der Waals surface area contributed by atoms with E-state index in [9.17, 15) is 0 Å². The van der Waals surface area contributed by atoms with Crippen LogP contribution < -0.4 is 10.6 Å². The summed E-state index contributed by atoms with van der Waals surface area (Å²) in [5.41, 5.74) is 0. The van der Waals surface area contributed by atoms with Gasteiger partial charge in [-0.15, -0.1) is 0 Å². The van der Waals surface area contributed by atoms with E-state index in [1.54, 1.807) is 0 Å². The topological polar surface area (TPSA) is 0 Å². The summed E-state index contributed by atoms with van der Waals surface area (Å²) in [6.45, 7) is 0. The van der Waals surface area contributed by atoms with Crippen LogP contribution in [-0.4, -0.2) is 23.1 Å². The highest BCUT2D eigenvalue weighted by atomic mass is 31.1. The van der Waals surface area contributed by atoms with Crippen LogP contribution in [0.15, 0.2) is 60.7 Å². The number of benzene rings is 2. The van der Waals surface area contributed by atoms with Gasteiger partial charge in [0.1, 0.15) is 0 Å². The first-order valence-electron chi connectivity index (χ1n) is 4.32. The lowest BCUT2D eigenvalue weighted by Gasteiger charge is -2.00. The second-order valence-corrected chi connectivity index (χ2v) is 4.26. The van der Waals surface area contributed by atoms with Crippen LogP contribution in [0.5, 0.6) is 0 Å². The molecule has 0 aliphatic heterocycles. The highest BCUT2D eigenvalue weighted by Crippen LogP contribution is 2.08. The van der Waals surface area contributed by atoms with Crippen molar-refractivity contribution < 1.29 is 0 Å². The molecule has 2 aromatic rings. The van der Waals surface area contributed by atoms with Crippen LogP contribution in [0.4, 0.5) is 0 Å². The third-order valence-corrected chi connectivity index (χ3v) is 3.08. The van der Waals surface area contributed by atoms with Crippen LogP contribution in [-0.2, 0) is 0 Å². The maximum absolute atomic E-state index is 2.17. The normalized spacial score (nSPS) is 9.14.